The minimum absolute atomic E-state index is 0.490. The molecule has 0 radical (unpaired) electrons. The number of hydrogen-bond donors (Lipinski definition) is 1. The molecule has 2 heteroatoms. The van der Waals surface area contributed by atoms with Crippen molar-refractivity contribution in [3.8, 4) is 0 Å². The van der Waals surface area contributed by atoms with Crippen molar-refractivity contribution in [1.82, 2.24) is 4.90 Å². The molecule has 0 spiro atoms. The molecule has 2 fully saturated rings. The summed E-state index contributed by atoms with van der Waals surface area (Å²) in [7, 11) is 0. The van der Waals surface area contributed by atoms with Crippen molar-refractivity contribution < 1.29 is 5.11 Å². The number of aliphatic hydroxyl groups is 1. The van der Waals surface area contributed by atoms with Crippen molar-refractivity contribution in [2.24, 2.45) is 0 Å². The van der Waals surface area contributed by atoms with Crippen molar-refractivity contribution >= 4 is 0 Å². The summed E-state index contributed by atoms with van der Waals surface area (Å²) in [5.74, 6) is 0. The first kappa shape index (κ1) is 16.8. The molecule has 2 bridgehead atoms. The number of benzene rings is 2. The third kappa shape index (κ3) is 3.02. The Kier molecular flexibility index (Phi) is 4.21. The Morgan fingerprint density at radius 2 is 1.52 bits per heavy atom. The van der Waals surface area contributed by atoms with Crippen LogP contribution in [0.1, 0.15) is 53.5 Å². The van der Waals surface area contributed by atoms with E-state index in [1.54, 1.807) is 0 Å². The van der Waals surface area contributed by atoms with Gasteiger partial charge in [-0.2, -0.15) is 0 Å². The van der Waals surface area contributed by atoms with Crippen LogP contribution in [-0.2, 0) is 12.1 Å². The zero-order valence-electron chi connectivity index (χ0n) is 15.6. The van der Waals surface area contributed by atoms with Gasteiger partial charge in [0.2, 0.25) is 0 Å². The van der Waals surface area contributed by atoms with E-state index in [0.717, 1.165) is 19.4 Å². The highest BCUT2D eigenvalue weighted by Gasteiger charge is 2.48. The summed E-state index contributed by atoms with van der Waals surface area (Å²) in [4.78, 5) is 2.64. The zero-order valence-corrected chi connectivity index (χ0v) is 15.6. The van der Waals surface area contributed by atoms with Gasteiger partial charge in [-0.3, -0.25) is 4.90 Å². The second-order valence-corrected chi connectivity index (χ2v) is 8.26. The summed E-state index contributed by atoms with van der Waals surface area (Å²) in [5, 5.41) is 11.6. The summed E-state index contributed by atoms with van der Waals surface area (Å²) in [5.41, 5.74) is 5.68. The van der Waals surface area contributed by atoms with Crippen LogP contribution in [-0.4, -0.2) is 22.1 Å². The average Bonchev–Trinajstić information content (AvgIpc) is 2.79. The Labute approximate surface area is 151 Å². The van der Waals surface area contributed by atoms with Crippen molar-refractivity contribution in [3.05, 3.63) is 70.3 Å². The first-order valence-corrected chi connectivity index (χ1v) is 9.57. The highest BCUT2D eigenvalue weighted by molar-refractivity contribution is 5.42. The number of rotatable bonds is 3. The zero-order chi connectivity index (χ0) is 17.6. The summed E-state index contributed by atoms with van der Waals surface area (Å²) in [6.45, 7) is 7.47. The van der Waals surface area contributed by atoms with Gasteiger partial charge in [0.15, 0.2) is 0 Å². The quantitative estimate of drug-likeness (QED) is 0.884. The standard InChI is InChI=1S/C23H29NO/c1-16-11-17(2)22(18(3)12-16)23(25)13-20-9-10-21(14-23)24(20)15-19-7-5-4-6-8-19/h4-8,11-12,20-21,25H,9-10,13-15H2,1-3H3. The van der Waals surface area contributed by atoms with Crippen molar-refractivity contribution in [2.75, 3.05) is 0 Å². The molecule has 0 amide bonds. The molecule has 2 heterocycles. The fourth-order valence-electron chi connectivity index (χ4n) is 5.49. The third-order valence-electron chi connectivity index (χ3n) is 6.27. The van der Waals surface area contributed by atoms with Crippen molar-refractivity contribution in [1.29, 1.82) is 0 Å². The molecule has 0 saturated carbocycles. The van der Waals surface area contributed by atoms with E-state index in [0.29, 0.717) is 12.1 Å². The lowest BCUT2D eigenvalue weighted by molar-refractivity contribution is -0.0602. The lowest BCUT2D eigenvalue weighted by Crippen LogP contribution is -2.49. The molecule has 2 unspecified atom stereocenters. The van der Waals surface area contributed by atoms with Crippen molar-refractivity contribution in [3.63, 3.8) is 0 Å². The first-order valence-electron chi connectivity index (χ1n) is 9.57. The number of aryl methyl sites for hydroxylation is 3. The number of hydrogen-bond acceptors (Lipinski definition) is 2. The number of nitrogens with zero attached hydrogens (tertiary/aromatic N) is 1. The topological polar surface area (TPSA) is 23.5 Å². The number of piperidine rings is 1. The van der Waals surface area contributed by atoms with Crippen LogP contribution in [0.25, 0.3) is 0 Å². The second kappa shape index (κ2) is 6.26. The van der Waals surface area contributed by atoms with Crippen LogP contribution in [0.5, 0.6) is 0 Å². The summed E-state index contributed by atoms with van der Waals surface area (Å²) >= 11 is 0. The monoisotopic (exact) mass is 335 g/mol. The van der Waals surface area contributed by atoms with Gasteiger partial charge >= 0.3 is 0 Å². The maximum Gasteiger partial charge on any atom is 0.0931 e. The summed E-state index contributed by atoms with van der Waals surface area (Å²) in [6.07, 6.45) is 4.15. The van der Waals surface area contributed by atoms with E-state index in [9.17, 15) is 5.11 Å². The molecule has 2 nitrogen and oxygen atoms in total. The molecule has 2 atom stereocenters. The summed E-state index contributed by atoms with van der Waals surface area (Å²) < 4.78 is 0. The molecule has 25 heavy (non-hydrogen) atoms. The Hall–Kier alpha value is -1.64. The maximum atomic E-state index is 11.6. The largest absolute Gasteiger partial charge is 0.385 e. The lowest BCUT2D eigenvalue weighted by atomic mass is 9.76. The first-order chi connectivity index (χ1) is 12.0. The highest BCUT2D eigenvalue weighted by atomic mass is 16.3. The van der Waals surface area contributed by atoms with E-state index in [1.165, 1.54) is 40.7 Å². The minimum atomic E-state index is -0.666. The van der Waals surface area contributed by atoms with Crippen LogP contribution in [0.3, 0.4) is 0 Å². The molecular weight excluding hydrogens is 306 g/mol. The molecule has 2 aliphatic heterocycles. The molecule has 132 valence electrons. The fraction of sp³-hybridized carbons (Fsp3) is 0.478. The smallest absolute Gasteiger partial charge is 0.0931 e. The number of fused-ring (bicyclic) bond motifs is 2. The van der Waals surface area contributed by atoms with Gasteiger partial charge in [0.1, 0.15) is 0 Å². The Balaban J connectivity index is 1.61. The molecular formula is C23H29NO. The van der Waals surface area contributed by atoms with Gasteiger partial charge in [0, 0.05) is 18.6 Å². The van der Waals surface area contributed by atoms with Crippen LogP contribution in [0.15, 0.2) is 42.5 Å². The van der Waals surface area contributed by atoms with Crippen LogP contribution in [0, 0.1) is 20.8 Å². The fourth-order valence-corrected chi connectivity index (χ4v) is 5.49. The van der Waals surface area contributed by atoms with Gasteiger partial charge in [-0.05, 0) is 68.7 Å². The molecule has 2 aromatic carbocycles. The normalized spacial score (nSPS) is 29.1. The highest BCUT2D eigenvalue weighted by Crippen LogP contribution is 2.47. The van der Waals surface area contributed by atoms with E-state index in [-0.39, 0.29) is 0 Å². The third-order valence-corrected chi connectivity index (χ3v) is 6.27. The SMILES string of the molecule is Cc1cc(C)c(C2(O)CC3CCC(C2)N3Cc2ccccc2)c(C)c1. The van der Waals surface area contributed by atoms with Crippen LogP contribution in [0.2, 0.25) is 0 Å². The van der Waals surface area contributed by atoms with E-state index in [2.05, 4.69) is 68.1 Å². The predicted octanol–water partition coefficient (Wildman–Crippen LogP) is 4.63. The molecule has 1 N–H and O–H groups in total. The van der Waals surface area contributed by atoms with Gasteiger partial charge in [0.05, 0.1) is 5.60 Å². The minimum Gasteiger partial charge on any atom is -0.385 e. The molecule has 2 aromatic rings. The Bertz CT molecular complexity index is 730. The Morgan fingerprint density at radius 1 is 0.960 bits per heavy atom. The summed E-state index contributed by atoms with van der Waals surface area (Å²) in [6, 6.07) is 16.2. The maximum absolute atomic E-state index is 11.6. The molecule has 2 aliphatic rings. The van der Waals surface area contributed by atoms with Gasteiger partial charge in [-0.25, -0.2) is 0 Å². The van der Waals surface area contributed by atoms with Crippen molar-refractivity contribution in [2.45, 2.75) is 70.7 Å². The second-order valence-electron chi connectivity index (χ2n) is 8.26. The van der Waals surface area contributed by atoms with E-state index in [4.69, 9.17) is 0 Å². The average molecular weight is 335 g/mol. The predicted molar refractivity (Wildman–Crippen MR) is 103 cm³/mol. The van der Waals surface area contributed by atoms with Gasteiger partial charge < -0.3 is 5.11 Å². The van der Waals surface area contributed by atoms with E-state index < -0.39 is 5.60 Å². The van der Waals surface area contributed by atoms with Crippen LogP contribution >= 0.6 is 0 Å². The van der Waals surface area contributed by atoms with Crippen LogP contribution < -0.4 is 0 Å². The van der Waals surface area contributed by atoms with Gasteiger partial charge in [0.25, 0.3) is 0 Å². The van der Waals surface area contributed by atoms with E-state index >= 15 is 0 Å². The van der Waals surface area contributed by atoms with Gasteiger partial charge in [-0.15, -0.1) is 0 Å². The van der Waals surface area contributed by atoms with Gasteiger partial charge in [-0.1, -0.05) is 48.0 Å². The van der Waals surface area contributed by atoms with E-state index in [1.807, 2.05) is 0 Å². The van der Waals surface area contributed by atoms with Crippen LogP contribution in [0.4, 0.5) is 0 Å². The molecule has 0 aromatic heterocycles. The molecule has 0 aliphatic carbocycles. The Morgan fingerprint density at radius 3 is 2.08 bits per heavy atom. The molecule has 4 rings (SSSR count). The molecule has 2 saturated heterocycles. The lowest BCUT2D eigenvalue weighted by Gasteiger charge is -2.45.